The quantitative estimate of drug-likeness (QED) is 0.641. The lowest BCUT2D eigenvalue weighted by Crippen LogP contribution is -2.76. The average molecular weight is 386 g/mol. The summed E-state index contributed by atoms with van der Waals surface area (Å²) in [6, 6.07) is 0. The van der Waals surface area contributed by atoms with E-state index >= 15 is 0 Å². The minimum Gasteiger partial charge on any atom is -0.439 e. The topological polar surface area (TPSA) is 57.2 Å². The van der Waals surface area contributed by atoms with E-state index in [4.69, 9.17) is 16.8 Å². The molecule has 0 heterocycles. The van der Waals surface area contributed by atoms with Crippen LogP contribution < -0.4 is 0 Å². The predicted octanol–water partition coefficient (Wildman–Crippen LogP) is 1.45. The van der Waals surface area contributed by atoms with Crippen LogP contribution in [0.25, 0.3) is 0 Å². The van der Waals surface area contributed by atoms with Crippen LogP contribution in [0.1, 0.15) is 0 Å². The fourth-order valence-electron chi connectivity index (χ4n) is 2.21. The molecule has 5 nitrogen and oxygen atoms in total. The lowest BCUT2D eigenvalue weighted by atomic mass is 11.8. The molecule has 0 aliphatic rings. The van der Waals surface area contributed by atoms with Gasteiger partial charge in [0.25, 0.3) is 0 Å². The first-order chi connectivity index (χ1) is 8.71. The molecular formula is C9H29O5Si6. The molecule has 20 heavy (non-hydrogen) atoms. The first kappa shape index (κ1) is 21.1. The summed E-state index contributed by atoms with van der Waals surface area (Å²) in [6.07, 6.45) is 0. The lowest BCUT2D eigenvalue weighted by Gasteiger charge is -2.45. The van der Waals surface area contributed by atoms with Gasteiger partial charge in [0.2, 0.25) is 26.9 Å². The Hall–Kier alpha value is 1.10. The molecule has 0 spiro atoms. The summed E-state index contributed by atoms with van der Waals surface area (Å²) in [6.45, 7) is 16.2. The maximum absolute atomic E-state index is 10.7. The molecule has 11 heteroatoms. The molecule has 2 atom stereocenters. The fraction of sp³-hybridized carbons (Fsp3) is 1.00. The number of hydrogen-bond donors (Lipinski definition) is 1. The zero-order chi connectivity index (χ0) is 16.4. The Morgan fingerprint density at radius 3 is 1.65 bits per heavy atom. The van der Waals surface area contributed by atoms with E-state index in [9.17, 15) is 4.80 Å². The molecule has 0 saturated heterocycles. The molecule has 0 fully saturated rings. The van der Waals surface area contributed by atoms with Crippen LogP contribution in [0.3, 0.4) is 0 Å². The third-order valence-corrected chi connectivity index (χ3v) is 38.1. The summed E-state index contributed by atoms with van der Waals surface area (Å²) >= 11 is 0. The highest BCUT2D eigenvalue weighted by Gasteiger charge is 2.61. The van der Waals surface area contributed by atoms with Gasteiger partial charge in [-0.05, 0) is 52.4 Å². The van der Waals surface area contributed by atoms with E-state index in [1.807, 2.05) is 32.7 Å². The summed E-state index contributed by atoms with van der Waals surface area (Å²) in [7, 11) is -6.53. The van der Waals surface area contributed by atoms with Gasteiger partial charge in [-0.2, -0.15) is 0 Å². The van der Waals surface area contributed by atoms with Gasteiger partial charge in [-0.1, -0.05) is 0 Å². The largest absolute Gasteiger partial charge is 0.439 e. The predicted molar refractivity (Wildman–Crippen MR) is 95.3 cm³/mol. The smallest absolute Gasteiger partial charge is 0.337 e. The van der Waals surface area contributed by atoms with Crippen LogP contribution in [0.5, 0.6) is 0 Å². The van der Waals surface area contributed by atoms with Gasteiger partial charge >= 0.3 is 16.2 Å². The molecule has 0 aliphatic carbocycles. The van der Waals surface area contributed by atoms with Crippen molar-refractivity contribution >= 4 is 51.4 Å². The molecule has 0 aromatic carbocycles. The van der Waals surface area contributed by atoms with Crippen molar-refractivity contribution in [2.75, 3.05) is 7.11 Å². The van der Waals surface area contributed by atoms with Crippen molar-refractivity contribution in [3.05, 3.63) is 0 Å². The van der Waals surface area contributed by atoms with Crippen LogP contribution in [-0.4, -0.2) is 63.3 Å². The zero-order valence-electron chi connectivity index (χ0n) is 14.2. The Bertz CT molecular complexity index is 315. The number of rotatable bonds is 8. The Balaban J connectivity index is 5.48. The second-order valence-electron chi connectivity index (χ2n) is 6.92. The van der Waals surface area contributed by atoms with Crippen molar-refractivity contribution in [2.24, 2.45) is 0 Å². The van der Waals surface area contributed by atoms with Gasteiger partial charge in [-0.3, -0.25) is 0 Å². The van der Waals surface area contributed by atoms with E-state index < -0.39 is 40.9 Å². The minimum atomic E-state index is -2.83. The maximum Gasteiger partial charge on any atom is 0.337 e. The molecule has 0 aliphatic heterocycles. The molecule has 0 amide bonds. The van der Waals surface area contributed by atoms with E-state index in [-0.39, 0.29) is 0 Å². The van der Waals surface area contributed by atoms with Crippen molar-refractivity contribution in [1.82, 2.24) is 0 Å². The zero-order valence-corrected chi connectivity index (χ0v) is 20.3. The van der Waals surface area contributed by atoms with E-state index in [1.54, 1.807) is 7.11 Å². The highest BCUT2D eigenvalue weighted by Crippen LogP contribution is 2.28. The first-order valence-corrected chi connectivity index (χ1v) is 22.5. The van der Waals surface area contributed by atoms with Crippen LogP contribution in [0.15, 0.2) is 0 Å². The molecule has 3 radical (unpaired) electrons. The average Bonchev–Trinajstić information content (AvgIpc) is 2.19. The van der Waals surface area contributed by atoms with Gasteiger partial charge in [0.05, 0.1) is 0 Å². The van der Waals surface area contributed by atoms with E-state index in [0.717, 1.165) is 0 Å². The maximum atomic E-state index is 10.7. The summed E-state index contributed by atoms with van der Waals surface area (Å²) in [4.78, 5) is 10.7. The van der Waals surface area contributed by atoms with E-state index in [2.05, 4.69) is 30.1 Å². The standard InChI is InChI=1S/C9H29O5Si6/c1-11-16(2)20(12-15,18(6,7)10)14-19(8,9)13-17(3,4)5/h10,16H,1-9H3. The minimum absolute atomic E-state index is 1.67. The molecule has 0 rings (SSSR count). The van der Waals surface area contributed by atoms with Crippen molar-refractivity contribution in [1.29, 1.82) is 0 Å². The normalized spacial score (nSPS) is 18.8. The Labute approximate surface area is 132 Å². The highest BCUT2D eigenvalue weighted by atomic mass is 29.7. The van der Waals surface area contributed by atoms with Gasteiger partial charge in [-0.15, -0.1) is 0 Å². The molecule has 0 aromatic heterocycles. The summed E-state index contributed by atoms with van der Waals surface area (Å²) in [5.74, 6) is 0. The van der Waals surface area contributed by atoms with Crippen molar-refractivity contribution < 1.29 is 21.6 Å². The fourth-order valence-corrected chi connectivity index (χ4v) is 42.9. The van der Waals surface area contributed by atoms with Crippen LogP contribution >= 0.6 is 0 Å². The molecule has 0 aromatic rings. The molecule has 2 unspecified atom stereocenters. The molecule has 0 bridgehead atoms. The molecule has 119 valence electrons. The molecule has 1 N–H and O–H groups in total. The second kappa shape index (κ2) is 7.12. The van der Waals surface area contributed by atoms with Crippen LogP contribution in [0.4, 0.5) is 0 Å². The van der Waals surface area contributed by atoms with Crippen LogP contribution in [0, 0.1) is 0 Å². The van der Waals surface area contributed by atoms with Crippen LogP contribution in [0.2, 0.25) is 52.4 Å². The second-order valence-corrected chi connectivity index (χ2v) is 34.8. The molecule has 0 saturated carbocycles. The third-order valence-electron chi connectivity index (χ3n) is 2.84. The van der Waals surface area contributed by atoms with Crippen molar-refractivity contribution in [2.45, 2.75) is 52.4 Å². The van der Waals surface area contributed by atoms with Gasteiger partial charge < -0.3 is 21.6 Å². The van der Waals surface area contributed by atoms with Crippen molar-refractivity contribution in [3.8, 4) is 0 Å². The highest BCUT2D eigenvalue weighted by molar-refractivity contribution is 7.58. The van der Waals surface area contributed by atoms with Crippen LogP contribution in [-0.2, 0) is 16.8 Å². The van der Waals surface area contributed by atoms with Gasteiger partial charge in [0.15, 0.2) is 8.32 Å². The van der Waals surface area contributed by atoms with Gasteiger partial charge in [0.1, 0.15) is 0 Å². The Morgan fingerprint density at radius 2 is 1.40 bits per heavy atom. The van der Waals surface area contributed by atoms with E-state index in [1.165, 1.54) is 0 Å². The molecular weight excluding hydrogens is 357 g/mol. The monoisotopic (exact) mass is 385 g/mol. The summed E-state index contributed by atoms with van der Waals surface area (Å²) in [5, 5.41) is 0. The van der Waals surface area contributed by atoms with Crippen molar-refractivity contribution in [3.63, 3.8) is 0 Å². The Morgan fingerprint density at radius 1 is 0.950 bits per heavy atom. The lowest BCUT2D eigenvalue weighted by molar-refractivity contribution is 0.337. The van der Waals surface area contributed by atoms with Gasteiger partial charge in [-0.25, -0.2) is 0 Å². The summed E-state index contributed by atoms with van der Waals surface area (Å²) in [5.41, 5.74) is 0. The van der Waals surface area contributed by atoms with E-state index in [0.29, 0.717) is 0 Å². The Kier molecular flexibility index (Phi) is 7.51. The summed E-state index contributed by atoms with van der Waals surface area (Å²) < 4.78 is 23.9. The first-order valence-electron chi connectivity index (χ1n) is 6.71. The third kappa shape index (κ3) is 5.71. The SMILES string of the molecule is CO[SiH](C)[Si](O[Si])(O[Si](C)(C)O[Si](C)(C)C)[Si](C)(C)O. The van der Waals surface area contributed by atoms with Gasteiger partial charge in [0, 0.05) is 7.11 Å². The number of hydrogen-bond acceptors (Lipinski definition) is 5.